The molecule has 0 saturated carbocycles. The van der Waals surface area contributed by atoms with Crippen LogP contribution < -0.4 is 0 Å². The molecule has 0 saturated heterocycles. The van der Waals surface area contributed by atoms with Gasteiger partial charge in [-0.25, -0.2) is 0 Å². The second kappa shape index (κ2) is 21.2. The highest BCUT2D eigenvalue weighted by atomic mass is 15.0. The van der Waals surface area contributed by atoms with E-state index in [9.17, 15) is 0 Å². The molecular weight excluding hydrogens is 1050 g/mol. The smallest absolute Gasteiger partial charge is 0.0719 e. The molecule has 1 aliphatic rings. The lowest BCUT2D eigenvalue weighted by Crippen LogP contribution is -2.30. The molecule has 87 heavy (non-hydrogen) atoms. The van der Waals surface area contributed by atoms with Gasteiger partial charge in [0.15, 0.2) is 0 Å². The molecule has 2 heterocycles. The Balaban J connectivity index is 0.686. The largest absolute Gasteiger partial charge is 0.309 e. The van der Waals surface area contributed by atoms with Gasteiger partial charge in [-0.05, 0) is 181 Å². The summed E-state index contributed by atoms with van der Waals surface area (Å²) in [5.41, 5.74) is 28.7. The molecule has 0 aliphatic heterocycles. The van der Waals surface area contributed by atoms with E-state index >= 15 is 0 Å². The van der Waals surface area contributed by atoms with Crippen LogP contribution in [0, 0.1) is 0 Å². The number of benzene rings is 13. The summed E-state index contributed by atoms with van der Waals surface area (Å²) in [4.78, 5) is 0. The van der Waals surface area contributed by atoms with Crippen LogP contribution in [0.25, 0.3) is 122 Å². The zero-order chi connectivity index (χ0) is 58.0. The lowest BCUT2D eigenvalue weighted by molar-refractivity contribution is 0.765. The summed E-state index contributed by atoms with van der Waals surface area (Å²) in [5.74, 6) is 0. The molecule has 1 aliphatic carbocycles. The molecule has 2 heteroatoms. The molecule has 0 amide bonds. The molecule has 13 aromatic carbocycles. The molecule has 15 aromatic rings. The van der Waals surface area contributed by atoms with Gasteiger partial charge in [-0.1, -0.05) is 261 Å². The third-order valence-electron chi connectivity index (χ3n) is 18.4. The van der Waals surface area contributed by atoms with Crippen LogP contribution in [0.3, 0.4) is 0 Å². The SMILES string of the molecule is C/C(=C\C=C(/C)c1ccccc1C1(c2cccc(-c3ccc(-c4ccc(-c5ccc(-n6c7ccccc7c7cc(-c8ccc9c(c8)c8ccccc8n9-c8ccccc8)ccc76)cc5)cc4)cc3)c2)c2ccccc2-c2ccccc21)c1ccccc1. The highest BCUT2D eigenvalue weighted by Gasteiger charge is 2.47. The van der Waals surface area contributed by atoms with Gasteiger partial charge in [-0.15, -0.1) is 0 Å². The molecule has 0 spiro atoms. The van der Waals surface area contributed by atoms with E-state index in [-0.39, 0.29) is 0 Å². The van der Waals surface area contributed by atoms with Gasteiger partial charge in [0.05, 0.1) is 27.5 Å². The van der Waals surface area contributed by atoms with Gasteiger partial charge < -0.3 is 9.13 Å². The van der Waals surface area contributed by atoms with Crippen molar-refractivity contribution in [3.05, 3.63) is 361 Å². The molecule has 410 valence electrons. The molecule has 0 N–H and O–H groups in total. The van der Waals surface area contributed by atoms with Gasteiger partial charge in [0, 0.05) is 32.9 Å². The minimum Gasteiger partial charge on any atom is -0.309 e. The summed E-state index contributed by atoms with van der Waals surface area (Å²) in [6.07, 6.45) is 4.56. The maximum absolute atomic E-state index is 2.44. The first-order valence-corrected chi connectivity index (χ1v) is 30.2. The molecule has 2 nitrogen and oxygen atoms in total. The second-order valence-corrected chi connectivity index (χ2v) is 23.2. The number of fused-ring (bicyclic) bond motifs is 9. The highest BCUT2D eigenvalue weighted by Crippen LogP contribution is 2.57. The van der Waals surface area contributed by atoms with Crippen LogP contribution >= 0.6 is 0 Å². The van der Waals surface area contributed by atoms with Crippen molar-refractivity contribution in [3.8, 4) is 67.0 Å². The Morgan fingerprint density at radius 1 is 0.276 bits per heavy atom. The van der Waals surface area contributed by atoms with E-state index in [0.717, 1.165) is 5.69 Å². The predicted molar refractivity (Wildman–Crippen MR) is 368 cm³/mol. The average Bonchev–Trinajstić information content (AvgIpc) is 1.64. The number of allylic oxidation sites excluding steroid dienone is 4. The minimum atomic E-state index is -0.559. The van der Waals surface area contributed by atoms with Gasteiger partial charge in [-0.3, -0.25) is 0 Å². The van der Waals surface area contributed by atoms with Crippen LogP contribution in [0.5, 0.6) is 0 Å². The maximum Gasteiger partial charge on any atom is 0.0719 e. The summed E-state index contributed by atoms with van der Waals surface area (Å²) < 4.78 is 4.79. The number of para-hydroxylation sites is 3. The van der Waals surface area contributed by atoms with Gasteiger partial charge in [-0.2, -0.15) is 0 Å². The van der Waals surface area contributed by atoms with Crippen LogP contribution in [0.4, 0.5) is 0 Å². The molecule has 0 atom stereocenters. The second-order valence-electron chi connectivity index (χ2n) is 23.2. The van der Waals surface area contributed by atoms with E-state index < -0.39 is 5.41 Å². The van der Waals surface area contributed by atoms with Crippen LogP contribution in [0.1, 0.15) is 47.2 Å². The lowest BCUT2D eigenvalue weighted by atomic mass is 9.65. The summed E-state index contributed by atoms with van der Waals surface area (Å²) in [6, 6.07) is 116. The van der Waals surface area contributed by atoms with Crippen molar-refractivity contribution >= 4 is 54.8 Å². The zero-order valence-corrected chi connectivity index (χ0v) is 48.6. The van der Waals surface area contributed by atoms with E-state index in [4.69, 9.17) is 0 Å². The fourth-order valence-corrected chi connectivity index (χ4v) is 14.2. The third kappa shape index (κ3) is 8.63. The Labute approximate surface area is 508 Å². The van der Waals surface area contributed by atoms with E-state index in [0.29, 0.717) is 0 Å². The van der Waals surface area contributed by atoms with Crippen molar-refractivity contribution in [3.63, 3.8) is 0 Å². The monoisotopic (exact) mass is 1110 g/mol. The minimum absolute atomic E-state index is 0.559. The molecular formula is C85H60N2. The topological polar surface area (TPSA) is 9.86 Å². The standard InChI is InChI=1S/C85H60N2/c1-57(59-20-5-3-6-21-59)36-37-58(2)71-26-9-14-31-78(71)85(79-32-15-10-27-72(79)73-28-11-16-33-80(73)85)68-23-19-22-65(54-68)64-44-42-61(43-45-64)60-38-40-62(41-39-60)63-46-50-70(51-47-63)87-82-35-18-13-30-75(82)77-56-67(49-53-84(77)87)66-48-52-83-76(55-66)74-29-12-17-34-81(74)86(83)69-24-7-4-8-25-69/h3-56H,1-2H3/b57-36+,58-37+. The Morgan fingerprint density at radius 2 is 0.667 bits per heavy atom. The van der Waals surface area contributed by atoms with Crippen molar-refractivity contribution in [1.29, 1.82) is 0 Å². The third-order valence-corrected chi connectivity index (χ3v) is 18.4. The van der Waals surface area contributed by atoms with Crippen LogP contribution in [0.2, 0.25) is 0 Å². The van der Waals surface area contributed by atoms with Gasteiger partial charge in [0.1, 0.15) is 0 Å². The van der Waals surface area contributed by atoms with Crippen molar-refractivity contribution in [2.24, 2.45) is 0 Å². The van der Waals surface area contributed by atoms with Gasteiger partial charge in [0.25, 0.3) is 0 Å². The van der Waals surface area contributed by atoms with Gasteiger partial charge >= 0.3 is 0 Å². The van der Waals surface area contributed by atoms with Gasteiger partial charge in [0.2, 0.25) is 0 Å². The zero-order valence-electron chi connectivity index (χ0n) is 48.6. The molecule has 0 radical (unpaired) electrons. The van der Waals surface area contributed by atoms with E-state index in [1.807, 2.05) is 0 Å². The molecule has 0 unspecified atom stereocenters. The van der Waals surface area contributed by atoms with E-state index in [2.05, 4.69) is 351 Å². The normalized spacial score (nSPS) is 12.9. The van der Waals surface area contributed by atoms with Crippen LogP contribution in [-0.4, -0.2) is 9.13 Å². The summed E-state index contributed by atoms with van der Waals surface area (Å²) in [7, 11) is 0. The first-order valence-electron chi connectivity index (χ1n) is 30.2. The maximum atomic E-state index is 2.44. The quantitative estimate of drug-likeness (QED) is 0.114. The fraction of sp³-hybridized carbons (Fsp3) is 0.0353. The van der Waals surface area contributed by atoms with Crippen molar-refractivity contribution in [2.45, 2.75) is 19.3 Å². The summed E-state index contributed by atoms with van der Waals surface area (Å²) >= 11 is 0. The fourth-order valence-electron chi connectivity index (χ4n) is 14.2. The number of nitrogens with zero attached hydrogens (tertiary/aromatic N) is 2. The molecule has 0 fully saturated rings. The Bertz CT molecular complexity index is 5140. The number of aromatic nitrogens is 2. The van der Waals surface area contributed by atoms with E-state index in [1.165, 1.54) is 149 Å². The van der Waals surface area contributed by atoms with Crippen LogP contribution in [0.15, 0.2) is 328 Å². The lowest BCUT2D eigenvalue weighted by Gasteiger charge is -2.36. The summed E-state index contributed by atoms with van der Waals surface area (Å²) in [5, 5.41) is 4.99. The highest BCUT2D eigenvalue weighted by molar-refractivity contribution is 6.13. The summed E-state index contributed by atoms with van der Waals surface area (Å²) in [6.45, 7) is 4.45. The first-order chi connectivity index (χ1) is 43.0. The van der Waals surface area contributed by atoms with Crippen LogP contribution in [-0.2, 0) is 5.41 Å². The molecule has 0 bridgehead atoms. The predicted octanol–water partition coefficient (Wildman–Crippen LogP) is 22.4. The number of rotatable bonds is 11. The van der Waals surface area contributed by atoms with Crippen molar-refractivity contribution in [2.75, 3.05) is 0 Å². The Hall–Kier alpha value is -11.1. The number of hydrogen-bond donors (Lipinski definition) is 0. The van der Waals surface area contributed by atoms with Crippen molar-refractivity contribution in [1.82, 2.24) is 9.13 Å². The molecule has 16 rings (SSSR count). The number of hydrogen-bond acceptors (Lipinski definition) is 0. The first kappa shape index (κ1) is 51.6. The van der Waals surface area contributed by atoms with Crippen molar-refractivity contribution < 1.29 is 0 Å². The Morgan fingerprint density at radius 3 is 1.22 bits per heavy atom. The molecule has 2 aromatic heterocycles. The van der Waals surface area contributed by atoms with E-state index in [1.54, 1.807) is 0 Å². The average molecular weight is 1110 g/mol. The Kier molecular flexibility index (Phi) is 12.6.